The topological polar surface area (TPSA) is 52.4 Å². The van der Waals surface area contributed by atoms with Gasteiger partial charge in [-0.3, -0.25) is 10.1 Å². The van der Waals surface area contributed by atoms with Crippen LogP contribution in [0.3, 0.4) is 0 Å². The first-order valence-corrected chi connectivity index (χ1v) is 4.37. The van der Waals surface area contributed by atoms with Crippen LogP contribution in [-0.2, 0) is 0 Å². The molecule has 0 heterocycles. The van der Waals surface area contributed by atoms with E-state index in [0.717, 1.165) is 0 Å². The molecule has 0 saturated carbocycles. The highest BCUT2D eigenvalue weighted by Crippen LogP contribution is 2.22. The summed E-state index contributed by atoms with van der Waals surface area (Å²) in [6, 6.07) is 5.88. The van der Waals surface area contributed by atoms with Gasteiger partial charge in [-0.25, -0.2) is 0 Å². The van der Waals surface area contributed by atoms with Crippen LogP contribution in [0.5, 0.6) is 5.75 Å². The predicted octanol–water partition coefficient (Wildman–Crippen LogP) is 2.93. The minimum atomic E-state index is -2.95. The molecule has 0 atom stereocenters. The van der Waals surface area contributed by atoms with Crippen LogP contribution in [0.15, 0.2) is 30.0 Å². The molecule has 1 aromatic carbocycles. The van der Waals surface area contributed by atoms with E-state index in [1.54, 1.807) is 6.07 Å². The van der Waals surface area contributed by atoms with Gasteiger partial charge in [0.05, 0.1) is 4.92 Å². The fourth-order valence-electron chi connectivity index (χ4n) is 1.08. The van der Waals surface area contributed by atoms with E-state index in [1.807, 2.05) is 0 Å². The second kappa shape index (κ2) is 5.20. The van der Waals surface area contributed by atoms with Crippen molar-refractivity contribution in [1.82, 2.24) is 0 Å². The molecule has 0 spiro atoms. The van der Waals surface area contributed by atoms with Crippen LogP contribution in [0.25, 0.3) is 6.08 Å². The van der Waals surface area contributed by atoms with Crippen LogP contribution in [0.1, 0.15) is 12.5 Å². The maximum absolute atomic E-state index is 12.0. The first kappa shape index (κ1) is 12.1. The second-order valence-corrected chi connectivity index (χ2v) is 2.96. The van der Waals surface area contributed by atoms with Gasteiger partial charge in [0.25, 0.3) is 0 Å². The highest BCUT2D eigenvalue weighted by molar-refractivity contribution is 5.58. The summed E-state index contributed by atoms with van der Waals surface area (Å²) in [4.78, 5) is 9.79. The summed E-state index contributed by atoms with van der Waals surface area (Å²) in [5.41, 5.74) is 0.0994. The molecule has 0 saturated heterocycles. The van der Waals surface area contributed by atoms with Gasteiger partial charge in [0.2, 0.25) is 5.70 Å². The SMILES string of the molecule is CC(=Cc1ccccc1OC(F)F)[N+](=O)[O-]. The normalized spacial score (nSPS) is 11.6. The molecule has 0 N–H and O–H groups in total. The Kier molecular flexibility index (Phi) is 3.93. The van der Waals surface area contributed by atoms with Gasteiger partial charge in [-0.2, -0.15) is 8.78 Å². The first-order valence-electron chi connectivity index (χ1n) is 4.37. The van der Waals surface area contributed by atoms with Crippen molar-refractivity contribution in [3.8, 4) is 5.75 Å². The van der Waals surface area contributed by atoms with Crippen molar-refractivity contribution in [3.05, 3.63) is 45.6 Å². The summed E-state index contributed by atoms with van der Waals surface area (Å²) in [5.74, 6) is -0.0845. The lowest BCUT2D eigenvalue weighted by Crippen LogP contribution is -2.03. The number of para-hydroxylation sites is 1. The molecule has 0 aliphatic carbocycles. The lowest BCUT2D eigenvalue weighted by atomic mass is 10.2. The smallest absolute Gasteiger partial charge is 0.387 e. The molecule has 16 heavy (non-hydrogen) atoms. The first-order chi connectivity index (χ1) is 7.50. The van der Waals surface area contributed by atoms with Crippen LogP contribution in [0, 0.1) is 10.1 Å². The van der Waals surface area contributed by atoms with Crippen LogP contribution in [0.4, 0.5) is 8.78 Å². The molecule has 0 aromatic heterocycles. The fourth-order valence-corrected chi connectivity index (χ4v) is 1.08. The van der Waals surface area contributed by atoms with Crippen molar-refractivity contribution in [2.24, 2.45) is 0 Å². The zero-order chi connectivity index (χ0) is 12.1. The van der Waals surface area contributed by atoms with Crippen LogP contribution in [0.2, 0.25) is 0 Å². The summed E-state index contributed by atoms with van der Waals surface area (Å²) in [6.07, 6.45) is 1.18. The molecule has 86 valence electrons. The van der Waals surface area contributed by atoms with Gasteiger partial charge in [0.1, 0.15) is 5.75 Å². The van der Waals surface area contributed by atoms with E-state index >= 15 is 0 Å². The van der Waals surface area contributed by atoms with Gasteiger partial charge < -0.3 is 4.74 Å². The Morgan fingerprint density at radius 3 is 2.69 bits per heavy atom. The molecule has 1 aromatic rings. The van der Waals surface area contributed by atoms with Gasteiger partial charge in [0, 0.05) is 18.6 Å². The van der Waals surface area contributed by atoms with E-state index < -0.39 is 11.5 Å². The number of benzene rings is 1. The third kappa shape index (κ3) is 3.30. The standard InChI is InChI=1S/C10H9F2NO3/c1-7(13(14)15)6-8-4-2-3-5-9(8)16-10(11)12/h2-6,10H,1H3. The van der Waals surface area contributed by atoms with Gasteiger partial charge in [0.15, 0.2) is 0 Å². The lowest BCUT2D eigenvalue weighted by Gasteiger charge is -2.06. The van der Waals surface area contributed by atoms with E-state index in [9.17, 15) is 18.9 Å². The van der Waals surface area contributed by atoms with Crippen LogP contribution < -0.4 is 4.74 Å². The third-order valence-electron chi connectivity index (χ3n) is 1.79. The van der Waals surface area contributed by atoms with Gasteiger partial charge in [-0.15, -0.1) is 0 Å². The molecule has 0 aliphatic rings. The van der Waals surface area contributed by atoms with Gasteiger partial charge in [-0.1, -0.05) is 18.2 Å². The summed E-state index contributed by atoms with van der Waals surface area (Å²) in [7, 11) is 0. The number of alkyl halides is 2. The zero-order valence-corrected chi connectivity index (χ0v) is 8.39. The highest BCUT2D eigenvalue weighted by Gasteiger charge is 2.10. The maximum Gasteiger partial charge on any atom is 0.387 e. The maximum atomic E-state index is 12.0. The summed E-state index contributed by atoms with van der Waals surface area (Å²) in [5, 5.41) is 10.4. The molecule has 0 radical (unpaired) electrons. The van der Waals surface area contributed by atoms with Gasteiger partial charge >= 0.3 is 6.61 Å². The Morgan fingerprint density at radius 1 is 1.50 bits per heavy atom. The highest BCUT2D eigenvalue weighted by atomic mass is 19.3. The van der Waals surface area contributed by atoms with Crippen LogP contribution >= 0.6 is 0 Å². The van der Waals surface area contributed by atoms with Gasteiger partial charge in [-0.05, 0) is 6.07 Å². The second-order valence-electron chi connectivity index (χ2n) is 2.96. The number of hydrogen-bond acceptors (Lipinski definition) is 3. The van der Waals surface area contributed by atoms with E-state index in [4.69, 9.17) is 0 Å². The fraction of sp³-hybridized carbons (Fsp3) is 0.200. The summed E-state index contributed by atoms with van der Waals surface area (Å²) < 4.78 is 28.3. The van der Waals surface area contributed by atoms with E-state index in [0.29, 0.717) is 0 Å². The minimum Gasteiger partial charge on any atom is -0.434 e. The van der Waals surface area contributed by atoms with Crippen molar-refractivity contribution >= 4 is 6.08 Å². The molecule has 6 heteroatoms. The van der Waals surface area contributed by atoms with E-state index in [-0.39, 0.29) is 17.0 Å². The Balaban J connectivity index is 3.04. The number of hydrogen-bond donors (Lipinski definition) is 0. The molecular formula is C10H9F2NO3. The number of ether oxygens (including phenoxy) is 1. The molecule has 1 rings (SSSR count). The average Bonchev–Trinajstić information content (AvgIpc) is 2.20. The Bertz CT molecular complexity index is 418. The minimum absolute atomic E-state index is 0.0845. The average molecular weight is 229 g/mol. The number of allylic oxidation sites excluding steroid dienone is 1. The van der Waals surface area contributed by atoms with Crippen LogP contribution in [-0.4, -0.2) is 11.5 Å². The molecule has 0 aliphatic heterocycles. The number of nitro groups is 1. The van der Waals surface area contributed by atoms with Crippen molar-refractivity contribution in [3.63, 3.8) is 0 Å². The monoisotopic (exact) mass is 229 g/mol. The molecule has 0 amide bonds. The van der Waals surface area contributed by atoms with E-state index in [1.165, 1.54) is 31.2 Å². The molecule has 0 fully saturated rings. The number of rotatable bonds is 4. The number of halogens is 2. The Hall–Kier alpha value is -1.98. The molecular weight excluding hydrogens is 220 g/mol. The third-order valence-corrected chi connectivity index (χ3v) is 1.79. The van der Waals surface area contributed by atoms with Crippen molar-refractivity contribution in [2.45, 2.75) is 13.5 Å². The Labute approximate surface area is 90.3 Å². The zero-order valence-electron chi connectivity index (χ0n) is 8.39. The Morgan fingerprint density at radius 2 is 2.12 bits per heavy atom. The summed E-state index contributed by atoms with van der Waals surface area (Å²) >= 11 is 0. The lowest BCUT2D eigenvalue weighted by molar-refractivity contribution is -0.422. The van der Waals surface area contributed by atoms with Crippen molar-refractivity contribution < 1.29 is 18.4 Å². The molecule has 4 nitrogen and oxygen atoms in total. The molecule has 0 unspecified atom stereocenters. The molecule has 0 bridgehead atoms. The summed E-state index contributed by atoms with van der Waals surface area (Å²) in [6.45, 7) is -1.68. The predicted molar refractivity (Wildman–Crippen MR) is 53.7 cm³/mol. The van der Waals surface area contributed by atoms with Crippen molar-refractivity contribution in [2.75, 3.05) is 0 Å². The number of nitrogens with zero attached hydrogens (tertiary/aromatic N) is 1. The quantitative estimate of drug-likeness (QED) is 0.589. The largest absolute Gasteiger partial charge is 0.434 e. The van der Waals surface area contributed by atoms with Crippen molar-refractivity contribution in [1.29, 1.82) is 0 Å². The van der Waals surface area contributed by atoms with E-state index in [2.05, 4.69) is 4.74 Å².